The molecule has 0 unspecified atom stereocenters. The molecule has 0 bridgehead atoms. The summed E-state index contributed by atoms with van der Waals surface area (Å²) in [7, 11) is 4.05. The summed E-state index contributed by atoms with van der Waals surface area (Å²) in [5.41, 5.74) is 0.361. The second kappa shape index (κ2) is 5.54. The van der Waals surface area contributed by atoms with E-state index in [4.69, 9.17) is 0 Å². The highest BCUT2D eigenvalue weighted by molar-refractivity contribution is 5.31. The van der Waals surface area contributed by atoms with E-state index in [0.29, 0.717) is 5.54 Å². The summed E-state index contributed by atoms with van der Waals surface area (Å²) in [5, 5.41) is 11.3. The van der Waals surface area contributed by atoms with Gasteiger partial charge in [-0.25, -0.2) is 0 Å². The lowest BCUT2D eigenvalue weighted by atomic mass is 9.79. The minimum Gasteiger partial charge on any atom is -0.369 e. The van der Waals surface area contributed by atoms with Crippen LogP contribution in [0.15, 0.2) is 12.3 Å². The van der Waals surface area contributed by atoms with Crippen LogP contribution in [0.25, 0.3) is 0 Å². The van der Waals surface area contributed by atoms with Crippen LogP contribution >= 0.6 is 0 Å². The Labute approximate surface area is 104 Å². The molecule has 0 atom stereocenters. The van der Waals surface area contributed by atoms with Crippen LogP contribution < -0.4 is 10.6 Å². The fourth-order valence-corrected chi connectivity index (χ4v) is 2.79. The maximum absolute atomic E-state index is 4.33. The Morgan fingerprint density at radius 1 is 1.35 bits per heavy atom. The van der Waals surface area contributed by atoms with E-state index < -0.39 is 0 Å². The predicted molar refractivity (Wildman–Crippen MR) is 71.2 cm³/mol. The number of aryl methyl sites for hydroxylation is 1. The first-order valence-electron chi connectivity index (χ1n) is 6.67. The Kier molecular flexibility index (Phi) is 4.05. The molecule has 0 aromatic carbocycles. The van der Waals surface area contributed by atoms with Gasteiger partial charge in [0.15, 0.2) is 0 Å². The average molecular weight is 236 g/mol. The van der Waals surface area contributed by atoms with Gasteiger partial charge in [0.2, 0.25) is 0 Å². The summed E-state index contributed by atoms with van der Waals surface area (Å²) in [6.07, 6.45) is 9.91. The molecule has 1 aromatic heterocycles. The molecule has 0 spiro atoms. The molecule has 0 saturated heterocycles. The number of nitrogens with zero attached hydrogens (tertiary/aromatic N) is 2. The van der Waals surface area contributed by atoms with Crippen LogP contribution in [0.4, 0.5) is 5.82 Å². The molecule has 96 valence electrons. The van der Waals surface area contributed by atoms with Gasteiger partial charge in [-0.1, -0.05) is 19.3 Å². The van der Waals surface area contributed by atoms with Crippen molar-refractivity contribution in [2.24, 2.45) is 7.05 Å². The van der Waals surface area contributed by atoms with Crippen LogP contribution in [0.2, 0.25) is 0 Å². The van der Waals surface area contributed by atoms with Gasteiger partial charge in [-0.3, -0.25) is 4.68 Å². The molecule has 1 aliphatic carbocycles. The van der Waals surface area contributed by atoms with Crippen LogP contribution in [0.1, 0.15) is 38.5 Å². The molecule has 1 fully saturated rings. The Balaban J connectivity index is 1.79. The third-order valence-corrected chi connectivity index (χ3v) is 3.96. The lowest BCUT2D eigenvalue weighted by Crippen LogP contribution is -2.45. The monoisotopic (exact) mass is 236 g/mol. The smallest absolute Gasteiger partial charge is 0.147 e. The van der Waals surface area contributed by atoms with E-state index in [0.717, 1.165) is 12.4 Å². The van der Waals surface area contributed by atoms with Crippen LogP contribution in [-0.4, -0.2) is 28.9 Å². The molecule has 2 N–H and O–H groups in total. The van der Waals surface area contributed by atoms with E-state index in [9.17, 15) is 0 Å². The van der Waals surface area contributed by atoms with Gasteiger partial charge in [0.05, 0.1) is 0 Å². The van der Waals surface area contributed by atoms with Gasteiger partial charge in [-0.15, -0.1) is 0 Å². The van der Waals surface area contributed by atoms with Crippen LogP contribution in [-0.2, 0) is 7.05 Å². The quantitative estimate of drug-likeness (QED) is 0.823. The van der Waals surface area contributed by atoms with Crippen molar-refractivity contribution in [3.8, 4) is 0 Å². The number of hydrogen-bond donors (Lipinski definition) is 2. The van der Waals surface area contributed by atoms with Gasteiger partial charge < -0.3 is 10.6 Å². The van der Waals surface area contributed by atoms with Crippen molar-refractivity contribution in [3.63, 3.8) is 0 Å². The van der Waals surface area contributed by atoms with Crippen molar-refractivity contribution < 1.29 is 0 Å². The van der Waals surface area contributed by atoms with E-state index in [-0.39, 0.29) is 0 Å². The third kappa shape index (κ3) is 3.22. The average Bonchev–Trinajstić information content (AvgIpc) is 2.76. The fourth-order valence-electron chi connectivity index (χ4n) is 2.79. The van der Waals surface area contributed by atoms with Crippen molar-refractivity contribution in [1.29, 1.82) is 0 Å². The van der Waals surface area contributed by atoms with Crippen molar-refractivity contribution >= 4 is 5.82 Å². The highest BCUT2D eigenvalue weighted by Crippen LogP contribution is 2.30. The topological polar surface area (TPSA) is 41.9 Å². The van der Waals surface area contributed by atoms with E-state index in [2.05, 4.69) is 22.8 Å². The van der Waals surface area contributed by atoms with Gasteiger partial charge in [0.25, 0.3) is 0 Å². The van der Waals surface area contributed by atoms with Gasteiger partial charge in [0, 0.05) is 31.4 Å². The Morgan fingerprint density at radius 2 is 2.12 bits per heavy atom. The number of rotatable bonds is 5. The zero-order valence-corrected chi connectivity index (χ0v) is 11.0. The molecule has 4 nitrogen and oxygen atoms in total. The highest BCUT2D eigenvalue weighted by atomic mass is 15.3. The Hall–Kier alpha value is -1.03. The predicted octanol–water partition coefficient (Wildman–Crippen LogP) is 2.14. The van der Waals surface area contributed by atoms with Crippen LogP contribution in [0.3, 0.4) is 0 Å². The van der Waals surface area contributed by atoms with E-state index in [1.54, 1.807) is 0 Å². The third-order valence-electron chi connectivity index (χ3n) is 3.96. The van der Waals surface area contributed by atoms with E-state index in [1.165, 1.54) is 38.5 Å². The molecule has 1 aromatic rings. The summed E-state index contributed by atoms with van der Waals surface area (Å²) < 4.78 is 1.83. The lowest BCUT2D eigenvalue weighted by molar-refractivity contribution is 0.235. The fraction of sp³-hybridized carbons (Fsp3) is 0.769. The summed E-state index contributed by atoms with van der Waals surface area (Å²) in [6, 6.07) is 2.02. The van der Waals surface area contributed by atoms with Crippen LogP contribution in [0.5, 0.6) is 0 Å². The standard InChI is InChI=1S/C13H24N4/c1-14-13(7-4-3-5-8-13)9-10-15-12-6-11-17(2)16-12/h6,11,14H,3-5,7-10H2,1-2H3,(H,15,16). The molecule has 4 heteroatoms. The van der Waals surface area contributed by atoms with Gasteiger partial charge in [0.1, 0.15) is 5.82 Å². The minimum absolute atomic E-state index is 0.361. The summed E-state index contributed by atoms with van der Waals surface area (Å²) >= 11 is 0. The number of hydrogen-bond acceptors (Lipinski definition) is 3. The maximum atomic E-state index is 4.33. The molecule has 1 heterocycles. The van der Waals surface area contributed by atoms with Gasteiger partial charge in [-0.2, -0.15) is 5.10 Å². The molecule has 1 aliphatic rings. The van der Waals surface area contributed by atoms with Gasteiger partial charge in [-0.05, 0) is 26.3 Å². The normalized spacial score (nSPS) is 19.2. The molecule has 0 aliphatic heterocycles. The van der Waals surface area contributed by atoms with Crippen molar-refractivity contribution in [2.75, 3.05) is 18.9 Å². The van der Waals surface area contributed by atoms with Gasteiger partial charge >= 0.3 is 0 Å². The highest BCUT2D eigenvalue weighted by Gasteiger charge is 2.29. The first kappa shape index (κ1) is 12.4. The van der Waals surface area contributed by atoms with Crippen LogP contribution in [0, 0.1) is 0 Å². The summed E-state index contributed by atoms with van der Waals surface area (Å²) in [5.74, 6) is 0.981. The van der Waals surface area contributed by atoms with Crippen molar-refractivity contribution in [3.05, 3.63) is 12.3 Å². The molecular formula is C13H24N4. The largest absolute Gasteiger partial charge is 0.369 e. The Morgan fingerprint density at radius 3 is 2.71 bits per heavy atom. The van der Waals surface area contributed by atoms with E-state index in [1.807, 2.05) is 24.0 Å². The SMILES string of the molecule is CNC1(CCNc2ccn(C)n2)CCCCC1. The number of anilines is 1. The first-order valence-corrected chi connectivity index (χ1v) is 6.67. The Bertz CT molecular complexity index is 339. The molecule has 2 rings (SSSR count). The van der Waals surface area contributed by atoms with E-state index >= 15 is 0 Å². The molecular weight excluding hydrogens is 212 g/mol. The molecule has 0 radical (unpaired) electrons. The zero-order chi connectivity index (χ0) is 12.1. The number of nitrogens with one attached hydrogen (secondary N) is 2. The van der Waals surface area contributed by atoms with Crippen molar-refractivity contribution in [2.45, 2.75) is 44.1 Å². The summed E-state index contributed by atoms with van der Waals surface area (Å²) in [6.45, 7) is 0.998. The maximum Gasteiger partial charge on any atom is 0.147 e. The zero-order valence-electron chi connectivity index (χ0n) is 11.0. The summed E-state index contributed by atoms with van der Waals surface area (Å²) in [4.78, 5) is 0. The molecule has 1 saturated carbocycles. The van der Waals surface area contributed by atoms with Crippen molar-refractivity contribution in [1.82, 2.24) is 15.1 Å². The number of aromatic nitrogens is 2. The molecule has 0 amide bonds. The second-order valence-corrected chi connectivity index (χ2v) is 5.14. The minimum atomic E-state index is 0.361. The first-order chi connectivity index (χ1) is 8.24. The lowest BCUT2D eigenvalue weighted by Gasteiger charge is -2.37. The molecule has 17 heavy (non-hydrogen) atoms. The second-order valence-electron chi connectivity index (χ2n) is 5.14.